The molecule has 0 unspecified atom stereocenters. The summed E-state index contributed by atoms with van der Waals surface area (Å²) in [7, 11) is 0. The lowest BCUT2D eigenvalue weighted by Crippen LogP contribution is -2.30. The van der Waals surface area contributed by atoms with Crippen molar-refractivity contribution in [3.8, 4) is 17.0 Å². The highest BCUT2D eigenvalue weighted by Gasteiger charge is 2.18. The van der Waals surface area contributed by atoms with Crippen LogP contribution in [0.1, 0.15) is 33.3 Å². The van der Waals surface area contributed by atoms with Crippen LogP contribution in [-0.2, 0) is 10.2 Å². The molecule has 0 aliphatic rings. The Morgan fingerprint density at radius 2 is 1.75 bits per heavy atom. The molecule has 2 aromatic carbocycles. The van der Waals surface area contributed by atoms with E-state index in [0.717, 1.165) is 0 Å². The zero-order valence-electron chi connectivity index (χ0n) is 16.3. The van der Waals surface area contributed by atoms with Crippen molar-refractivity contribution in [3.63, 3.8) is 0 Å². The number of benzene rings is 2. The first kappa shape index (κ1) is 19.6. The third kappa shape index (κ3) is 4.76. The van der Waals surface area contributed by atoms with Crippen molar-refractivity contribution >= 4 is 11.8 Å². The van der Waals surface area contributed by atoms with Gasteiger partial charge in [0, 0.05) is 11.6 Å². The van der Waals surface area contributed by atoms with E-state index in [1.54, 1.807) is 25.1 Å². The highest BCUT2D eigenvalue weighted by molar-refractivity contribution is 5.93. The van der Waals surface area contributed by atoms with E-state index < -0.39 is 6.10 Å². The number of aromatic nitrogens is 1. The molecular weight excluding hydrogens is 359 g/mol. The topological polar surface area (TPSA) is 64.4 Å². The van der Waals surface area contributed by atoms with E-state index in [9.17, 15) is 9.18 Å². The molecule has 5 nitrogen and oxygen atoms in total. The molecule has 1 aromatic heterocycles. The van der Waals surface area contributed by atoms with Crippen LogP contribution in [0.5, 0.6) is 5.75 Å². The Kier molecular flexibility index (Phi) is 5.49. The van der Waals surface area contributed by atoms with Gasteiger partial charge in [0.2, 0.25) is 5.88 Å². The van der Waals surface area contributed by atoms with Gasteiger partial charge in [0.15, 0.2) is 6.10 Å². The number of ether oxygens (including phenoxy) is 1. The molecule has 0 bridgehead atoms. The number of halogens is 1. The molecule has 0 saturated carbocycles. The molecule has 1 N–H and O–H groups in total. The Balaban J connectivity index is 1.61. The summed E-state index contributed by atoms with van der Waals surface area (Å²) >= 11 is 0. The van der Waals surface area contributed by atoms with Crippen molar-refractivity contribution < 1.29 is 18.4 Å². The molecule has 146 valence electrons. The maximum absolute atomic E-state index is 13.0. The third-order valence-electron chi connectivity index (χ3n) is 4.30. The van der Waals surface area contributed by atoms with Crippen LogP contribution < -0.4 is 10.1 Å². The molecule has 1 atom stereocenters. The van der Waals surface area contributed by atoms with Gasteiger partial charge in [0.1, 0.15) is 17.3 Å². The number of nitrogens with zero attached hydrogens (tertiary/aromatic N) is 1. The average molecular weight is 382 g/mol. The van der Waals surface area contributed by atoms with Gasteiger partial charge < -0.3 is 9.26 Å². The van der Waals surface area contributed by atoms with E-state index in [0.29, 0.717) is 17.0 Å². The van der Waals surface area contributed by atoms with Gasteiger partial charge in [-0.3, -0.25) is 10.1 Å². The lowest BCUT2D eigenvalue weighted by Gasteiger charge is -2.20. The van der Waals surface area contributed by atoms with Crippen molar-refractivity contribution in [1.82, 2.24) is 5.16 Å². The number of rotatable bonds is 5. The molecule has 0 saturated heterocycles. The molecule has 1 heterocycles. The van der Waals surface area contributed by atoms with E-state index in [1.165, 1.54) is 17.7 Å². The largest absolute Gasteiger partial charge is 0.481 e. The molecule has 28 heavy (non-hydrogen) atoms. The van der Waals surface area contributed by atoms with Crippen molar-refractivity contribution in [3.05, 3.63) is 66.0 Å². The molecule has 6 heteroatoms. The standard InChI is InChI=1S/C22H23FN2O3/c1-14(27-18-11-7-16(8-12-18)22(2,3)4)21(26)24-20-13-19(25-28-20)15-5-9-17(23)10-6-15/h5-14H,1-4H3,(H,24,26)/t14-/m1/s1. The average Bonchev–Trinajstić information content (AvgIpc) is 3.10. The monoisotopic (exact) mass is 382 g/mol. The molecule has 1 amide bonds. The summed E-state index contributed by atoms with van der Waals surface area (Å²) < 4.78 is 23.9. The number of hydrogen-bond acceptors (Lipinski definition) is 4. The minimum absolute atomic E-state index is 0.0516. The molecule has 0 fully saturated rings. The quantitative estimate of drug-likeness (QED) is 0.660. The maximum Gasteiger partial charge on any atom is 0.267 e. The predicted molar refractivity (Wildman–Crippen MR) is 106 cm³/mol. The van der Waals surface area contributed by atoms with Crippen LogP contribution in [0.3, 0.4) is 0 Å². The Morgan fingerprint density at radius 3 is 2.36 bits per heavy atom. The van der Waals surface area contributed by atoms with Crippen LogP contribution in [0, 0.1) is 5.82 Å². The van der Waals surface area contributed by atoms with E-state index in [2.05, 4.69) is 31.2 Å². The van der Waals surface area contributed by atoms with E-state index in [1.807, 2.05) is 24.3 Å². The highest BCUT2D eigenvalue weighted by Crippen LogP contribution is 2.25. The van der Waals surface area contributed by atoms with Crippen LogP contribution in [0.15, 0.2) is 59.1 Å². The molecule has 0 radical (unpaired) electrons. The first-order chi connectivity index (χ1) is 13.2. The minimum Gasteiger partial charge on any atom is -0.481 e. The summed E-state index contributed by atoms with van der Waals surface area (Å²) in [4.78, 5) is 12.4. The van der Waals surface area contributed by atoms with Crippen LogP contribution >= 0.6 is 0 Å². The summed E-state index contributed by atoms with van der Waals surface area (Å²) in [5.74, 6) is 0.118. The molecule has 0 aliphatic heterocycles. The normalized spacial score (nSPS) is 12.5. The predicted octanol–water partition coefficient (Wildman–Crippen LogP) is 5.18. The van der Waals surface area contributed by atoms with Crippen molar-refractivity contribution in [2.75, 3.05) is 5.32 Å². The van der Waals surface area contributed by atoms with E-state index >= 15 is 0 Å². The summed E-state index contributed by atoms with van der Waals surface area (Å²) in [5.41, 5.74) is 2.43. The first-order valence-corrected chi connectivity index (χ1v) is 9.03. The zero-order chi connectivity index (χ0) is 20.3. The van der Waals surface area contributed by atoms with Gasteiger partial charge in [-0.25, -0.2) is 4.39 Å². The molecule has 3 rings (SSSR count). The second-order valence-corrected chi connectivity index (χ2v) is 7.61. The van der Waals surface area contributed by atoms with E-state index in [4.69, 9.17) is 9.26 Å². The summed E-state index contributed by atoms with van der Waals surface area (Å²) in [6.07, 6.45) is -0.722. The number of amides is 1. The van der Waals surface area contributed by atoms with Gasteiger partial charge >= 0.3 is 0 Å². The Labute approximate surface area is 163 Å². The van der Waals surface area contributed by atoms with Crippen LogP contribution in [0.25, 0.3) is 11.3 Å². The zero-order valence-corrected chi connectivity index (χ0v) is 16.3. The number of hydrogen-bond donors (Lipinski definition) is 1. The van der Waals surface area contributed by atoms with Gasteiger partial charge in [-0.1, -0.05) is 38.1 Å². The maximum atomic E-state index is 13.0. The molecule has 0 spiro atoms. The molecular formula is C22H23FN2O3. The fourth-order valence-electron chi connectivity index (χ4n) is 2.61. The van der Waals surface area contributed by atoms with Crippen molar-refractivity contribution in [1.29, 1.82) is 0 Å². The highest BCUT2D eigenvalue weighted by atomic mass is 19.1. The van der Waals surface area contributed by atoms with Gasteiger partial charge in [-0.2, -0.15) is 0 Å². The Hall–Kier alpha value is -3.15. The lowest BCUT2D eigenvalue weighted by molar-refractivity contribution is -0.122. The number of nitrogens with one attached hydrogen (secondary N) is 1. The fourth-order valence-corrected chi connectivity index (χ4v) is 2.61. The summed E-state index contributed by atoms with van der Waals surface area (Å²) in [6.45, 7) is 8.06. The number of carbonyl (C=O) groups is 1. The van der Waals surface area contributed by atoms with Crippen molar-refractivity contribution in [2.45, 2.75) is 39.2 Å². The summed E-state index contributed by atoms with van der Waals surface area (Å²) in [6, 6.07) is 15.1. The number of carbonyl (C=O) groups excluding carboxylic acids is 1. The van der Waals surface area contributed by atoms with Crippen LogP contribution in [0.4, 0.5) is 10.3 Å². The van der Waals surface area contributed by atoms with Crippen LogP contribution in [-0.4, -0.2) is 17.2 Å². The second kappa shape index (κ2) is 7.84. The smallest absolute Gasteiger partial charge is 0.267 e. The van der Waals surface area contributed by atoms with Gasteiger partial charge in [0.05, 0.1) is 0 Å². The summed E-state index contributed by atoms with van der Waals surface area (Å²) in [5, 5.41) is 6.52. The molecule has 3 aromatic rings. The van der Waals surface area contributed by atoms with Crippen LogP contribution in [0.2, 0.25) is 0 Å². The lowest BCUT2D eigenvalue weighted by atomic mass is 9.87. The van der Waals surface area contributed by atoms with Gasteiger partial charge in [0.25, 0.3) is 5.91 Å². The second-order valence-electron chi connectivity index (χ2n) is 7.61. The van der Waals surface area contributed by atoms with E-state index in [-0.39, 0.29) is 23.0 Å². The Morgan fingerprint density at radius 1 is 1.11 bits per heavy atom. The minimum atomic E-state index is -0.722. The molecule has 0 aliphatic carbocycles. The number of anilines is 1. The van der Waals surface area contributed by atoms with Gasteiger partial charge in [-0.05, 0) is 54.3 Å². The third-order valence-corrected chi connectivity index (χ3v) is 4.30. The van der Waals surface area contributed by atoms with Gasteiger partial charge in [-0.15, -0.1) is 0 Å². The SMILES string of the molecule is C[C@@H](Oc1ccc(C(C)(C)C)cc1)C(=O)Nc1cc(-c2ccc(F)cc2)no1. The fraction of sp³-hybridized carbons (Fsp3) is 0.273. The first-order valence-electron chi connectivity index (χ1n) is 9.03. The van der Waals surface area contributed by atoms with Crippen molar-refractivity contribution in [2.24, 2.45) is 0 Å². The Bertz CT molecular complexity index is 941.